The summed E-state index contributed by atoms with van der Waals surface area (Å²) in [6.07, 6.45) is 0.999. The molecule has 0 saturated carbocycles. The highest BCUT2D eigenvalue weighted by atomic mass is 32.1. The molecule has 0 atom stereocenters. The van der Waals surface area contributed by atoms with Gasteiger partial charge in [-0.3, -0.25) is 0 Å². The summed E-state index contributed by atoms with van der Waals surface area (Å²) >= 11 is 1.61. The van der Waals surface area contributed by atoms with Gasteiger partial charge in [-0.15, -0.1) is 11.3 Å². The van der Waals surface area contributed by atoms with E-state index < -0.39 is 11.6 Å². The Morgan fingerprint density at radius 2 is 2.12 bits per heavy atom. The van der Waals surface area contributed by atoms with E-state index >= 15 is 0 Å². The van der Waals surface area contributed by atoms with Crippen LogP contribution < -0.4 is 0 Å². The number of hydrogen-bond donors (Lipinski definition) is 0. The Morgan fingerprint density at radius 1 is 1.44 bits per heavy atom. The van der Waals surface area contributed by atoms with Gasteiger partial charge in [-0.1, -0.05) is 6.92 Å². The van der Waals surface area contributed by atoms with E-state index in [1.807, 2.05) is 32.9 Å². The maximum absolute atomic E-state index is 11.3. The zero-order valence-corrected chi connectivity index (χ0v) is 10.9. The predicted molar refractivity (Wildman–Crippen MR) is 66.4 cm³/mol. The molecule has 0 aliphatic rings. The molecule has 86 valence electrons. The molecule has 0 spiro atoms. The fourth-order valence-electron chi connectivity index (χ4n) is 1.05. The molecule has 0 fully saturated rings. The Labute approximate surface area is 101 Å². The second-order valence-electron chi connectivity index (χ2n) is 4.37. The Balaban J connectivity index is 2.64. The van der Waals surface area contributed by atoms with Crippen molar-refractivity contribution >= 4 is 17.3 Å². The van der Waals surface area contributed by atoms with Crippen LogP contribution in [-0.4, -0.2) is 11.6 Å². The standard InChI is InChI=1S/C13H16O2S/c1-5-10-6-7-11(16-10)8-9-12(14)15-13(2,3)4/h6-7H,5H2,1-4H3. The first-order valence-electron chi connectivity index (χ1n) is 5.24. The SMILES string of the molecule is CCc1ccc(C#CC(=O)OC(C)(C)C)s1. The summed E-state index contributed by atoms with van der Waals surface area (Å²) in [5.74, 6) is 4.83. The van der Waals surface area contributed by atoms with Gasteiger partial charge in [0.1, 0.15) is 5.60 Å². The summed E-state index contributed by atoms with van der Waals surface area (Å²) in [5.41, 5.74) is -0.476. The van der Waals surface area contributed by atoms with Crippen LogP contribution in [0, 0.1) is 11.8 Å². The van der Waals surface area contributed by atoms with Crippen molar-refractivity contribution in [2.45, 2.75) is 39.7 Å². The van der Waals surface area contributed by atoms with Crippen molar-refractivity contribution in [2.75, 3.05) is 0 Å². The van der Waals surface area contributed by atoms with Gasteiger partial charge in [-0.25, -0.2) is 4.79 Å². The summed E-state index contributed by atoms with van der Waals surface area (Å²) in [7, 11) is 0. The van der Waals surface area contributed by atoms with E-state index in [9.17, 15) is 4.79 Å². The van der Waals surface area contributed by atoms with Gasteiger partial charge in [0, 0.05) is 10.8 Å². The molecule has 2 nitrogen and oxygen atoms in total. The Kier molecular flexibility index (Phi) is 4.14. The van der Waals surface area contributed by atoms with E-state index in [1.54, 1.807) is 11.3 Å². The molecule has 0 amide bonds. The lowest BCUT2D eigenvalue weighted by Gasteiger charge is -2.16. The first kappa shape index (κ1) is 12.8. The van der Waals surface area contributed by atoms with Crippen molar-refractivity contribution in [1.82, 2.24) is 0 Å². The summed E-state index contributed by atoms with van der Waals surface area (Å²) in [6.45, 7) is 7.57. The molecule has 0 bridgehead atoms. The molecule has 0 radical (unpaired) electrons. The van der Waals surface area contributed by atoms with Crippen LogP contribution in [-0.2, 0) is 16.0 Å². The summed E-state index contributed by atoms with van der Waals surface area (Å²) in [4.78, 5) is 13.5. The second-order valence-corrected chi connectivity index (χ2v) is 5.54. The highest BCUT2D eigenvalue weighted by Gasteiger charge is 2.14. The third kappa shape index (κ3) is 4.50. The summed E-state index contributed by atoms with van der Waals surface area (Å²) in [5, 5.41) is 0. The van der Waals surface area contributed by atoms with Crippen LogP contribution in [0.4, 0.5) is 0 Å². The van der Waals surface area contributed by atoms with Crippen molar-refractivity contribution in [3.8, 4) is 11.8 Å². The zero-order chi connectivity index (χ0) is 12.2. The number of thiophene rings is 1. The topological polar surface area (TPSA) is 26.3 Å². The summed E-state index contributed by atoms with van der Waals surface area (Å²) < 4.78 is 5.08. The molecule has 16 heavy (non-hydrogen) atoms. The van der Waals surface area contributed by atoms with Gasteiger partial charge >= 0.3 is 5.97 Å². The lowest BCUT2D eigenvalue weighted by Crippen LogP contribution is -2.22. The number of rotatable bonds is 1. The molecule has 1 aromatic heterocycles. The number of carbonyl (C=O) groups is 1. The van der Waals surface area contributed by atoms with Crippen LogP contribution in [0.3, 0.4) is 0 Å². The van der Waals surface area contributed by atoms with Crippen LogP contribution in [0.25, 0.3) is 0 Å². The van der Waals surface area contributed by atoms with Crippen molar-refractivity contribution in [3.63, 3.8) is 0 Å². The van der Waals surface area contributed by atoms with Gasteiger partial charge in [-0.2, -0.15) is 0 Å². The lowest BCUT2D eigenvalue weighted by molar-refractivity contribution is -0.147. The Bertz CT molecular complexity index is 427. The third-order valence-electron chi connectivity index (χ3n) is 1.70. The maximum Gasteiger partial charge on any atom is 0.385 e. The Hall–Kier alpha value is -1.27. The van der Waals surface area contributed by atoms with Gasteiger partial charge in [0.15, 0.2) is 0 Å². The van der Waals surface area contributed by atoms with Crippen molar-refractivity contribution in [2.24, 2.45) is 0 Å². The largest absolute Gasteiger partial charge is 0.450 e. The minimum atomic E-state index is -0.476. The molecule has 1 heterocycles. The van der Waals surface area contributed by atoms with Gasteiger partial charge in [0.2, 0.25) is 0 Å². The molecule has 1 rings (SSSR count). The first-order valence-corrected chi connectivity index (χ1v) is 6.06. The molecule has 0 aliphatic heterocycles. The average molecular weight is 236 g/mol. The molecule has 0 N–H and O–H groups in total. The van der Waals surface area contributed by atoms with Crippen molar-refractivity contribution in [1.29, 1.82) is 0 Å². The van der Waals surface area contributed by atoms with E-state index in [2.05, 4.69) is 18.8 Å². The molecule has 0 aromatic carbocycles. The van der Waals surface area contributed by atoms with E-state index in [4.69, 9.17) is 4.74 Å². The van der Waals surface area contributed by atoms with Gasteiger partial charge < -0.3 is 4.74 Å². The molecule has 0 saturated heterocycles. The maximum atomic E-state index is 11.3. The highest BCUT2D eigenvalue weighted by molar-refractivity contribution is 7.12. The first-order chi connectivity index (χ1) is 7.40. The minimum Gasteiger partial charge on any atom is -0.450 e. The minimum absolute atomic E-state index is 0.473. The van der Waals surface area contributed by atoms with Crippen molar-refractivity contribution < 1.29 is 9.53 Å². The fraction of sp³-hybridized carbons (Fsp3) is 0.462. The highest BCUT2D eigenvalue weighted by Crippen LogP contribution is 2.15. The second kappa shape index (κ2) is 5.18. The van der Waals surface area contributed by atoms with E-state index in [1.165, 1.54) is 4.88 Å². The molecule has 1 aromatic rings. The van der Waals surface area contributed by atoms with Crippen LogP contribution in [0.5, 0.6) is 0 Å². The van der Waals surface area contributed by atoms with E-state index in [0.29, 0.717) is 0 Å². The normalized spacial score (nSPS) is 10.5. The fourth-order valence-corrected chi connectivity index (χ4v) is 1.85. The number of carbonyl (C=O) groups excluding carboxylic acids is 1. The van der Waals surface area contributed by atoms with Gasteiger partial charge in [-0.05, 0) is 45.2 Å². The van der Waals surface area contributed by atoms with E-state index in [0.717, 1.165) is 11.3 Å². The smallest absolute Gasteiger partial charge is 0.385 e. The van der Waals surface area contributed by atoms with Gasteiger partial charge in [0.25, 0.3) is 0 Å². The van der Waals surface area contributed by atoms with Crippen LogP contribution in [0.1, 0.15) is 37.4 Å². The third-order valence-corrected chi connectivity index (χ3v) is 2.84. The molecular weight excluding hydrogens is 220 g/mol. The molecule has 3 heteroatoms. The number of ether oxygens (including phenoxy) is 1. The van der Waals surface area contributed by atoms with Crippen LogP contribution in [0.15, 0.2) is 12.1 Å². The van der Waals surface area contributed by atoms with E-state index in [-0.39, 0.29) is 0 Å². The number of aryl methyl sites for hydroxylation is 1. The monoisotopic (exact) mass is 236 g/mol. The number of hydrogen-bond acceptors (Lipinski definition) is 3. The predicted octanol–water partition coefficient (Wildman–Crippen LogP) is 3.00. The quantitative estimate of drug-likeness (QED) is 0.553. The van der Waals surface area contributed by atoms with Crippen LogP contribution >= 0.6 is 11.3 Å². The molecular formula is C13H16O2S. The molecule has 0 aliphatic carbocycles. The van der Waals surface area contributed by atoms with Crippen LogP contribution in [0.2, 0.25) is 0 Å². The summed E-state index contributed by atoms with van der Waals surface area (Å²) in [6, 6.07) is 3.96. The zero-order valence-electron chi connectivity index (χ0n) is 10.1. The molecule has 0 unspecified atom stereocenters. The Morgan fingerprint density at radius 3 is 2.62 bits per heavy atom. The lowest BCUT2D eigenvalue weighted by atomic mass is 10.2. The average Bonchev–Trinajstić information content (AvgIpc) is 2.59. The van der Waals surface area contributed by atoms with Gasteiger partial charge in [0.05, 0.1) is 4.88 Å². The number of esters is 1. The van der Waals surface area contributed by atoms with Crippen molar-refractivity contribution in [3.05, 3.63) is 21.9 Å².